The summed E-state index contributed by atoms with van der Waals surface area (Å²) >= 11 is 0. The molecule has 0 heterocycles. The van der Waals surface area contributed by atoms with Crippen LogP contribution in [0.2, 0.25) is 0 Å². The number of hydrogen-bond donors (Lipinski definition) is 2. The monoisotopic (exact) mass is 118 g/mol. The number of amides is 1. The van der Waals surface area contributed by atoms with Crippen LogP contribution in [0.5, 0.6) is 0 Å². The number of primary amides is 1. The molecule has 48 valence electrons. The van der Waals surface area contributed by atoms with E-state index in [2.05, 4.69) is 4.74 Å². The summed E-state index contributed by atoms with van der Waals surface area (Å²) in [6, 6.07) is 0. The number of hydrogen-bond acceptors (Lipinski definition) is 3. The van der Waals surface area contributed by atoms with Crippen LogP contribution in [0.25, 0.3) is 0 Å². The van der Waals surface area contributed by atoms with Gasteiger partial charge in [0.1, 0.15) is 6.23 Å². The molecule has 0 saturated carbocycles. The van der Waals surface area contributed by atoms with Gasteiger partial charge in [-0.2, -0.15) is 0 Å². The van der Waals surface area contributed by atoms with Gasteiger partial charge in [-0.25, -0.2) is 0 Å². The maximum atomic E-state index is 10.0. The molecule has 0 aromatic carbocycles. The zero-order chi connectivity index (χ0) is 6.57. The highest BCUT2D eigenvalue weighted by molar-refractivity contribution is 5.74. The van der Waals surface area contributed by atoms with Crippen molar-refractivity contribution in [2.24, 2.45) is 11.5 Å². The molecular formula is C4H10N2O2. The summed E-state index contributed by atoms with van der Waals surface area (Å²) in [5, 5.41) is 0. The first-order valence-corrected chi connectivity index (χ1v) is 2.23. The predicted octanol–water partition coefficient (Wildman–Crippen LogP) is -1.21. The van der Waals surface area contributed by atoms with Crippen LogP contribution in [0.3, 0.4) is 0 Å². The quantitative estimate of drug-likeness (QED) is 0.456. The van der Waals surface area contributed by atoms with E-state index in [1.54, 1.807) is 0 Å². The van der Waals surface area contributed by atoms with Gasteiger partial charge in [0.15, 0.2) is 0 Å². The lowest BCUT2D eigenvalue weighted by Gasteiger charge is -2.03. The summed E-state index contributed by atoms with van der Waals surface area (Å²) in [6.07, 6.45) is -0.469. The summed E-state index contributed by atoms with van der Waals surface area (Å²) in [5.41, 5.74) is 9.92. The smallest absolute Gasteiger partial charge is 0.221 e. The second-order valence-corrected chi connectivity index (χ2v) is 1.44. The topological polar surface area (TPSA) is 78.3 Å². The highest BCUT2D eigenvalue weighted by atomic mass is 16.5. The van der Waals surface area contributed by atoms with Gasteiger partial charge in [-0.3, -0.25) is 4.79 Å². The highest BCUT2D eigenvalue weighted by Gasteiger charge is 2.01. The van der Waals surface area contributed by atoms with Crippen molar-refractivity contribution >= 4 is 5.91 Å². The van der Waals surface area contributed by atoms with Gasteiger partial charge in [0.25, 0.3) is 0 Å². The minimum absolute atomic E-state index is 0.0799. The standard InChI is InChI=1S/C4H10N2O2/c1-8-4(6)2-3(5)7/h4H,2,6H2,1H3,(H2,5,7). The molecule has 1 amide bonds. The Hall–Kier alpha value is -0.610. The maximum absolute atomic E-state index is 10.0. The molecule has 1 atom stereocenters. The third-order valence-corrected chi connectivity index (χ3v) is 0.705. The Kier molecular flexibility index (Phi) is 3.14. The molecule has 0 saturated heterocycles. The summed E-state index contributed by atoms with van der Waals surface area (Å²) in [5.74, 6) is -0.445. The highest BCUT2D eigenvalue weighted by Crippen LogP contribution is 1.84. The van der Waals surface area contributed by atoms with Crippen molar-refractivity contribution in [3.8, 4) is 0 Å². The predicted molar refractivity (Wildman–Crippen MR) is 28.8 cm³/mol. The van der Waals surface area contributed by atoms with Crippen LogP contribution in [-0.2, 0) is 9.53 Å². The molecule has 0 aliphatic carbocycles. The van der Waals surface area contributed by atoms with E-state index in [1.807, 2.05) is 0 Å². The van der Waals surface area contributed by atoms with Crippen molar-refractivity contribution in [1.29, 1.82) is 0 Å². The van der Waals surface area contributed by atoms with Crippen LogP contribution in [0, 0.1) is 0 Å². The number of carbonyl (C=O) groups is 1. The Labute approximate surface area is 47.8 Å². The van der Waals surface area contributed by atoms with Gasteiger partial charge in [0, 0.05) is 7.11 Å². The molecule has 0 fully saturated rings. The van der Waals surface area contributed by atoms with Gasteiger partial charge in [0.2, 0.25) is 5.91 Å². The zero-order valence-electron chi connectivity index (χ0n) is 4.76. The molecular weight excluding hydrogens is 108 g/mol. The maximum Gasteiger partial charge on any atom is 0.221 e. The van der Waals surface area contributed by atoms with E-state index in [0.717, 1.165) is 0 Å². The van der Waals surface area contributed by atoms with Crippen molar-refractivity contribution in [1.82, 2.24) is 0 Å². The second-order valence-electron chi connectivity index (χ2n) is 1.44. The molecule has 4 nitrogen and oxygen atoms in total. The van der Waals surface area contributed by atoms with Crippen LogP contribution in [-0.4, -0.2) is 19.2 Å². The Balaban J connectivity index is 3.24. The first kappa shape index (κ1) is 7.39. The summed E-state index contributed by atoms with van der Waals surface area (Å²) < 4.78 is 4.54. The fourth-order valence-corrected chi connectivity index (χ4v) is 0.282. The molecule has 8 heavy (non-hydrogen) atoms. The lowest BCUT2D eigenvalue weighted by Crippen LogP contribution is -2.28. The minimum atomic E-state index is -0.549. The molecule has 0 aromatic heterocycles. The fourth-order valence-electron chi connectivity index (χ4n) is 0.282. The molecule has 0 radical (unpaired) electrons. The summed E-state index contributed by atoms with van der Waals surface area (Å²) in [4.78, 5) is 10.0. The number of carbonyl (C=O) groups excluding carboxylic acids is 1. The van der Waals surface area contributed by atoms with Gasteiger partial charge in [-0.05, 0) is 0 Å². The number of methoxy groups -OCH3 is 1. The van der Waals surface area contributed by atoms with Crippen molar-refractivity contribution in [2.45, 2.75) is 12.6 Å². The lowest BCUT2D eigenvalue weighted by atomic mass is 10.4. The average molecular weight is 118 g/mol. The molecule has 0 spiro atoms. The third kappa shape index (κ3) is 3.58. The third-order valence-electron chi connectivity index (χ3n) is 0.705. The Bertz CT molecular complexity index is 84.1. The van der Waals surface area contributed by atoms with E-state index in [9.17, 15) is 4.79 Å². The van der Waals surface area contributed by atoms with E-state index >= 15 is 0 Å². The molecule has 0 bridgehead atoms. The number of rotatable bonds is 3. The molecule has 0 aromatic rings. The van der Waals surface area contributed by atoms with Gasteiger partial charge in [-0.15, -0.1) is 0 Å². The summed E-state index contributed by atoms with van der Waals surface area (Å²) in [6.45, 7) is 0. The molecule has 4 N–H and O–H groups in total. The van der Waals surface area contributed by atoms with E-state index < -0.39 is 12.1 Å². The van der Waals surface area contributed by atoms with Crippen molar-refractivity contribution in [3.63, 3.8) is 0 Å². The van der Waals surface area contributed by atoms with E-state index in [0.29, 0.717) is 0 Å². The number of nitrogens with two attached hydrogens (primary N) is 2. The molecule has 0 aliphatic rings. The second kappa shape index (κ2) is 3.40. The molecule has 0 rings (SSSR count). The minimum Gasteiger partial charge on any atom is -0.370 e. The zero-order valence-corrected chi connectivity index (χ0v) is 4.76. The van der Waals surface area contributed by atoms with Crippen molar-refractivity contribution < 1.29 is 9.53 Å². The van der Waals surface area contributed by atoms with Crippen LogP contribution in [0.15, 0.2) is 0 Å². The van der Waals surface area contributed by atoms with Gasteiger partial charge in [0.05, 0.1) is 6.42 Å². The molecule has 1 unspecified atom stereocenters. The SMILES string of the molecule is COC(N)CC(N)=O. The van der Waals surface area contributed by atoms with Crippen LogP contribution in [0.4, 0.5) is 0 Å². The molecule has 0 aliphatic heterocycles. The van der Waals surface area contributed by atoms with Crippen LogP contribution in [0.1, 0.15) is 6.42 Å². The largest absolute Gasteiger partial charge is 0.370 e. The van der Waals surface area contributed by atoms with E-state index in [4.69, 9.17) is 11.5 Å². The van der Waals surface area contributed by atoms with Crippen molar-refractivity contribution in [3.05, 3.63) is 0 Å². The van der Waals surface area contributed by atoms with Crippen LogP contribution >= 0.6 is 0 Å². The van der Waals surface area contributed by atoms with E-state index in [-0.39, 0.29) is 6.42 Å². The molecule has 4 heteroatoms. The normalized spacial score (nSPS) is 13.2. The Morgan fingerprint density at radius 1 is 1.88 bits per heavy atom. The Morgan fingerprint density at radius 2 is 2.38 bits per heavy atom. The van der Waals surface area contributed by atoms with E-state index in [1.165, 1.54) is 7.11 Å². The first-order chi connectivity index (χ1) is 3.66. The lowest BCUT2D eigenvalue weighted by molar-refractivity contribution is -0.120. The van der Waals surface area contributed by atoms with Gasteiger partial charge >= 0.3 is 0 Å². The summed E-state index contributed by atoms with van der Waals surface area (Å²) in [7, 11) is 1.42. The van der Waals surface area contributed by atoms with Crippen molar-refractivity contribution in [2.75, 3.05) is 7.11 Å². The van der Waals surface area contributed by atoms with Gasteiger partial charge in [-0.1, -0.05) is 0 Å². The first-order valence-electron chi connectivity index (χ1n) is 2.23. The fraction of sp³-hybridized carbons (Fsp3) is 0.750. The van der Waals surface area contributed by atoms with Crippen LogP contribution < -0.4 is 11.5 Å². The number of ether oxygens (including phenoxy) is 1. The average Bonchev–Trinajstić information content (AvgIpc) is 1.65. The van der Waals surface area contributed by atoms with Gasteiger partial charge < -0.3 is 16.2 Å². The Morgan fingerprint density at radius 3 is 2.50 bits per heavy atom.